The van der Waals surface area contributed by atoms with E-state index in [1.165, 1.54) is 89.9 Å². The van der Waals surface area contributed by atoms with Crippen LogP contribution in [-0.4, -0.2) is 35.5 Å². The van der Waals surface area contributed by atoms with Gasteiger partial charge < -0.3 is 5.32 Å². The van der Waals surface area contributed by atoms with E-state index in [9.17, 15) is 4.79 Å². The number of nitrogens with zero attached hydrogens (tertiary/aromatic N) is 1. The minimum atomic E-state index is 0.323. The lowest BCUT2D eigenvalue weighted by Gasteiger charge is -2.41. The Balaban J connectivity index is 1.35. The van der Waals surface area contributed by atoms with Crippen LogP contribution in [0.15, 0.2) is 0 Å². The van der Waals surface area contributed by atoms with Gasteiger partial charge in [0.15, 0.2) is 0 Å². The standard InChI is InChI=1S/C21H36N2O/c24-21(22-20-14-16-11-12-17(20)13-16)15-23(18-7-3-1-4-8-18)19-9-5-2-6-10-19/h16-20H,1-15H2,(H,22,24)/t16-,17-,20-/m0/s1. The number of carbonyl (C=O) groups is 1. The van der Waals surface area contributed by atoms with Crippen LogP contribution in [0, 0.1) is 11.8 Å². The van der Waals surface area contributed by atoms with Crippen molar-refractivity contribution in [3.8, 4) is 0 Å². The number of carbonyl (C=O) groups excluding carboxylic acids is 1. The third kappa shape index (κ3) is 3.81. The average molecular weight is 333 g/mol. The topological polar surface area (TPSA) is 32.3 Å². The number of rotatable bonds is 5. The second kappa shape index (κ2) is 7.76. The van der Waals surface area contributed by atoms with E-state index in [1.807, 2.05) is 0 Å². The molecule has 24 heavy (non-hydrogen) atoms. The summed E-state index contributed by atoms with van der Waals surface area (Å²) in [5.41, 5.74) is 0. The van der Waals surface area contributed by atoms with Crippen LogP contribution in [0.2, 0.25) is 0 Å². The molecule has 136 valence electrons. The van der Waals surface area contributed by atoms with E-state index in [4.69, 9.17) is 0 Å². The van der Waals surface area contributed by atoms with E-state index < -0.39 is 0 Å². The monoisotopic (exact) mass is 332 g/mol. The molecule has 3 atom stereocenters. The Morgan fingerprint density at radius 3 is 1.92 bits per heavy atom. The molecule has 3 heteroatoms. The molecule has 0 aliphatic heterocycles. The molecular formula is C21H36N2O. The number of amides is 1. The highest BCUT2D eigenvalue weighted by Crippen LogP contribution is 2.44. The van der Waals surface area contributed by atoms with Gasteiger partial charge in [0, 0.05) is 18.1 Å². The summed E-state index contributed by atoms with van der Waals surface area (Å²) in [7, 11) is 0. The Morgan fingerprint density at radius 1 is 0.792 bits per heavy atom. The van der Waals surface area contributed by atoms with Gasteiger partial charge in [-0.15, -0.1) is 0 Å². The van der Waals surface area contributed by atoms with Crippen molar-refractivity contribution in [2.24, 2.45) is 11.8 Å². The third-order valence-corrected chi connectivity index (χ3v) is 7.50. The van der Waals surface area contributed by atoms with Crippen LogP contribution in [0.4, 0.5) is 0 Å². The highest BCUT2D eigenvalue weighted by molar-refractivity contribution is 5.78. The van der Waals surface area contributed by atoms with E-state index >= 15 is 0 Å². The second-order valence-corrected chi connectivity index (χ2v) is 9.10. The van der Waals surface area contributed by atoms with Gasteiger partial charge in [0.05, 0.1) is 6.54 Å². The molecule has 3 nitrogen and oxygen atoms in total. The lowest BCUT2D eigenvalue weighted by atomic mass is 9.88. The number of hydrogen-bond donors (Lipinski definition) is 1. The van der Waals surface area contributed by atoms with Gasteiger partial charge in [0.2, 0.25) is 5.91 Å². The van der Waals surface area contributed by atoms with Crippen LogP contribution in [-0.2, 0) is 4.79 Å². The summed E-state index contributed by atoms with van der Waals surface area (Å²) in [5.74, 6) is 2.02. The van der Waals surface area contributed by atoms with Gasteiger partial charge in [-0.1, -0.05) is 44.9 Å². The SMILES string of the molecule is O=C(CN(C1CCCCC1)C1CCCCC1)N[C@H]1C[C@H]2CC[C@H]1C2. The van der Waals surface area contributed by atoms with Crippen LogP contribution in [0.5, 0.6) is 0 Å². The van der Waals surface area contributed by atoms with Gasteiger partial charge in [0.25, 0.3) is 0 Å². The molecule has 4 aliphatic carbocycles. The minimum Gasteiger partial charge on any atom is -0.352 e. The van der Waals surface area contributed by atoms with Crippen molar-refractivity contribution in [3.63, 3.8) is 0 Å². The van der Waals surface area contributed by atoms with Crippen molar-refractivity contribution in [3.05, 3.63) is 0 Å². The largest absolute Gasteiger partial charge is 0.352 e. The van der Waals surface area contributed by atoms with Gasteiger partial charge in [-0.05, 0) is 56.8 Å². The van der Waals surface area contributed by atoms with Crippen LogP contribution in [0.25, 0.3) is 0 Å². The highest BCUT2D eigenvalue weighted by Gasteiger charge is 2.40. The molecule has 1 N–H and O–H groups in total. The smallest absolute Gasteiger partial charge is 0.234 e. The predicted molar refractivity (Wildman–Crippen MR) is 97.8 cm³/mol. The lowest BCUT2D eigenvalue weighted by molar-refractivity contribution is -0.125. The number of fused-ring (bicyclic) bond motifs is 2. The van der Waals surface area contributed by atoms with E-state index in [-0.39, 0.29) is 0 Å². The van der Waals surface area contributed by atoms with Crippen molar-refractivity contribution >= 4 is 5.91 Å². The number of hydrogen-bond acceptors (Lipinski definition) is 2. The van der Waals surface area contributed by atoms with Crippen LogP contribution in [0.3, 0.4) is 0 Å². The molecule has 4 fully saturated rings. The Kier molecular flexibility index (Phi) is 5.46. The van der Waals surface area contributed by atoms with Gasteiger partial charge in [-0.2, -0.15) is 0 Å². The quantitative estimate of drug-likeness (QED) is 0.816. The van der Waals surface area contributed by atoms with E-state index in [0.29, 0.717) is 30.6 Å². The molecule has 4 rings (SSSR count). The fourth-order valence-electron chi connectivity index (χ4n) is 6.22. The van der Waals surface area contributed by atoms with Crippen LogP contribution < -0.4 is 5.32 Å². The van der Waals surface area contributed by atoms with E-state index in [0.717, 1.165) is 11.8 Å². The summed E-state index contributed by atoms with van der Waals surface area (Å²) >= 11 is 0. The molecule has 0 heterocycles. The average Bonchev–Trinajstić information content (AvgIpc) is 3.24. The first-order valence-corrected chi connectivity index (χ1v) is 10.8. The third-order valence-electron chi connectivity index (χ3n) is 7.50. The molecule has 0 aromatic rings. The first-order chi connectivity index (χ1) is 11.8. The molecule has 0 spiro atoms. The summed E-state index contributed by atoms with van der Waals surface area (Å²) in [6.07, 6.45) is 18.9. The maximum atomic E-state index is 12.8. The Bertz CT molecular complexity index is 408. The Labute approximate surface area is 147 Å². The van der Waals surface area contributed by atoms with Crippen LogP contribution >= 0.6 is 0 Å². The molecule has 0 saturated heterocycles. The predicted octanol–water partition coefficient (Wildman–Crippen LogP) is 4.26. The summed E-state index contributed by atoms with van der Waals surface area (Å²) in [6, 6.07) is 1.84. The molecule has 2 bridgehead atoms. The lowest BCUT2D eigenvalue weighted by Crippen LogP contribution is -2.51. The fourth-order valence-corrected chi connectivity index (χ4v) is 6.22. The summed E-state index contributed by atoms with van der Waals surface area (Å²) in [5, 5.41) is 3.44. The molecule has 0 unspecified atom stereocenters. The van der Waals surface area contributed by atoms with E-state index in [2.05, 4.69) is 10.2 Å². The summed E-state index contributed by atoms with van der Waals surface area (Å²) in [6.45, 7) is 0.670. The first-order valence-electron chi connectivity index (χ1n) is 10.8. The van der Waals surface area contributed by atoms with Gasteiger partial charge >= 0.3 is 0 Å². The molecule has 4 saturated carbocycles. The molecule has 1 amide bonds. The minimum absolute atomic E-state index is 0.323. The summed E-state index contributed by atoms with van der Waals surface area (Å²) < 4.78 is 0. The van der Waals surface area contributed by atoms with Crippen molar-refractivity contribution in [1.82, 2.24) is 10.2 Å². The van der Waals surface area contributed by atoms with Crippen molar-refractivity contribution in [2.45, 2.75) is 108 Å². The summed E-state index contributed by atoms with van der Waals surface area (Å²) in [4.78, 5) is 15.5. The van der Waals surface area contributed by atoms with Crippen molar-refractivity contribution in [2.75, 3.05) is 6.54 Å². The van der Waals surface area contributed by atoms with Crippen molar-refractivity contribution < 1.29 is 4.79 Å². The van der Waals surface area contributed by atoms with Gasteiger partial charge in [0.1, 0.15) is 0 Å². The zero-order valence-electron chi connectivity index (χ0n) is 15.3. The van der Waals surface area contributed by atoms with Gasteiger partial charge in [-0.3, -0.25) is 9.69 Å². The molecule has 0 aromatic heterocycles. The first kappa shape index (κ1) is 16.9. The number of nitrogens with one attached hydrogen (secondary N) is 1. The second-order valence-electron chi connectivity index (χ2n) is 9.10. The maximum Gasteiger partial charge on any atom is 0.234 e. The Morgan fingerprint density at radius 2 is 1.42 bits per heavy atom. The highest BCUT2D eigenvalue weighted by atomic mass is 16.2. The van der Waals surface area contributed by atoms with Gasteiger partial charge in [-0.25, -0.2) is 0 Å². The molecular weight excluding hydrogens is 296 g/mol. The fraction of sp³-hybridized carbons (Fsp3) is 0.952. The van der Waals surface area contributed by atoms with Crippen molar-refractivity contribution in [1.29, 1.82) is 0 Å². The molecule has 0 radical (unpaired) electrons. The molecule has 4 aliphatic rings. The molecule has 0 aromatic carbocycles. The van der Waals surface area contributed by atoms with Crippen LogP contribution in [0.1, 0.15) is 89.9 Å². The zero-order chi connectivity index (χ0) is 16.4. The normalized spacial score (nSPS) is 34.8. The maximum absolute atomic E-state index is 12.8. The van der Waals surface area contributed by atoms with E-state index in [1.54, 1.807) is 0 Å². The zero-order valence-corrected chi connectivity index (χ0v) is 15.3. The Hall–Kier alpha value is -0.570.